The lowest BCUT2D eigenvalue weighted by molar-refractivity contribution is -0.126. The first-order valence-corrected chi connectivity index (χ1v) is 10.5. The smallest absolute Gasteiger partial charge is 0.224 e. The fourth-order valence-electron chi connectivity index (χ4n) is 3.74. The van der Waals surface area contributed by atoms with E-state index in [0.29, 0.717) is 0 Å². The number of amides is 1. The van der Waals surface area contributed by atoms with Crippen molar-refractivity contribution in [2.24, 2.45) is 5.92 Å². The number of hydrogen-bond acceptors (Lipinski definition) is 4. The third-order valence-corrected chi connectivity index (χ3v) is 5.78. The summed E-state index contributed by atoms with van der Waals surface area (Å²) in [6.45, 7) is 8.40. The molecule has 1 atom stereocenters. The minimum Gasteiger partial charge on any atom is -0.379 e. The fourth-order valence-corrected chi connectivity index (χ4v) is 4.01. The number of halogens is 1. The fraction of sp³-hybridized carbons (Fsp3) is 0.650. The molecule has 1 N–H and O–H groups in total. The molecule has 2 aliphatic rings. The number of benzene rings is 1. The highest BCUT2D eigenvalue weighted by Crippen LogP contribution is 2.19. The summed E-state index contributed by atoms with van der Waals surface area (Å²) in [5, 5.41) is 3.15. The normalized spacial score (nSPS) is 22.3. The Kier molecular flexibility index (Phi) is 7.92. The van der Waals surface area contributed by atoms with E-state index < -0.39 is 0 Å². The third-order valence-electron chi connectivity index (χ3n) is 5.25. The molecule has 0 aromatic heterocycles. The molecule has 1 unspecified atom stereocenters. The van der Waals surface area contributed by atoms with Gasteiger partial charge in [-0.1, -0.05) is 28.1 Å². The van der Waals surface area contributed by atoms with Crippen LogP contribution in [0, 0.1) is 5.92 Å². The molecule has 1 amide bonds. The van der Waals surface area contributed by atoms with Crippen LogP contribution in [0.15, 0.2) is 28.7 Å². The summed E-state index contributed by atoms with van der Waals surface area (Å²) in [4.78, 5) is 17.3. The van der Waals surface area contributed by atoms with Crippen LogP contribution >= 0.6 is 15.9 Å². The highest BCUT2D eigenvalue weighted by molar-refractivity contribution is 9.10. The van der Waals surface area contributed by atoms with Crippen LogP contribution in [0.25, 0.3) is 0 Å². The molecule has 0 saturated carbocycles. The monoisotopic (exact) mass is 423 g/mol. The van der Waals surface area contributed by atoms with Crippen molar-refractivity contribution in [2.75, 3.05) is 52.5 Å². The van der Waals surface area contributed by atoms with E-state index in [4.69, 9.17) is 4.74 Å². The van der Waals surface area contributed by atoms with Gasteiger partial charge in [0.2, 0.25) is 5.91 Å². The first-order chi connectivity index (χ1) is 12.7. The molecule has 6 heteroatoms. The maximum Gasteiger partial charge on any atom is 0.224 e. The zero-order valence-electron chi connectivity index (χ0n) is 15.5. The minimum absolute atomic E-state index is 0.127. The molecule has 0 bridgehead atoms. The quantitative estimate of drug-likeness (QED) is 0.684. The van der Waals surface area contributed by atoms with Crippen LogP contribution < -0.4 is 5.32 Å². The second-order valence-corrected chi connectivity index (χ2v) is 8.22. The average molecular weight is 424 g/mol. The van der Waals surface area contributed by atoms with Crippen molar-refractivity contribution in [1.82, 2.24) is 15.1 Å². The van der Waals surface area contributed by atoms with Crippen molar-refractivity contribution in [3.8, 4) is 0 Å². The standard InChI is InChI=1S/C20H30BrN3O2/c21-19-6-4-17(5-7-19)15-24-9-1-3-18(16-24)20(25)22-8-2-10-23-11-13-26-14-12-23/h4-7,18H,1-3,8-16H2,(H,22,25). The summed E-state index contributed by atoms with van der Waals surface area (Å²) in [7, 11) is 0. The molecule has 0 aliphatic carbocycles. The van der Waals surface area contributed by atoms with E-state index in [1.165, 1.54) is 5.56 Å². The second-order valence-electron chi connectivity index (χ2n) is 7.30. The van der Waals surface area contributed by atoms with Gasteiger partial charge in [-0.05, 0) is 50.0 Å². The Morgan fingerprint density at radius 3 is 2.69 bits per heavy atom. The number of hydrogen-bond donors (Lipinski definition) is 1. The Balaban J connectivity index is 1.36. The lowest BCUT2D eigenvalue weighted by atomic mass is 9.96. The molecule has 2 heterocycles. The number of morpholine rings is 1. The lowest BCUT2D eigenvalue weighted by Crippen LogP contribution is -2.43. The van der Waals surface area contributed by atoms with Gasteiger partial charge in [0.05, 0.1) is 19.1 Å². The SMILES string of the molecule is O=C(NCCCN1CCOCC1)C1CCCN(Cc2ccc(Br)cc2)C1. The summed E-state index contributed by atoms with van der Waals surface area (Å²) in [6.07, 6.45) is 3.12. The highest BCUT2D eigenvalue weighted by Gasteiger charge is 2.25. The average Bonchev–Trinajstić information content (AvgIpc) is 2.68. The maximum absolute atomic E-state index is 12.5. The van der Waals surface area contributed by atoms with Gasteiger partial charge in [0.1, 0.15) is 0 Å². The van der Waals surface area contributed by atoms with Crippen molar-refractivity contribution >= 4 is 21.8 Å². The Morgan fingerprint density at radius 1 is 1.15 bits per heavy atom. The van der Waals surface area contributed by atoms with Crippen molar-refractivity contribution in [2.45, 2.75) is 25.8 Å². The number of likely N-dealkylation sites (tertiary alicyclic amines) is 1. The summed E-state index contributed by atoms with van der Waals surface area (Å²) in [5.41, 5.74) is 1.31. The Morgan fingerprint density at radius 2 is 1.92 bits per heavy atom. The molecule has 5 nitrogen and oxygen atoms in total. The third kappa shape index (κ3) is 6.34. The second kappa shape index (κ2) is 10.4. The zero-order valence-corrected chi connectivity index (χ0v) is 17.0. The molecule has 0 spiro atoms. The molecule has 0 radical (unpaired) electrons. The number of piperidine rings is 1. The van der Waals surface area contributed by atoms with Gasteiger partial charge in [0.15, 0.2) is 0 Å². The number of ether oxygens (including phenoxy) is 1. The van der Waals surface area contributed by atoms with E-state index >= 15 is 0 Å². The number of nitrogens with one attached hydrogen (secondary N) is 1. The van der Waals surface area contributed by atoms with Gasteiger partial charge in [-0.15, -0.1) is 0 Å². The molecule has 26 heavy (non-hydrogen) atoms. The summed E-state index contributed by atoms with van der Waals surface area (Å²) in [5.74, 6) is 0.357. The van der Waals surface area contributed by atoms with Crippen LogP contribution in [0.3, 0.4) is 0 Å². The van der Waals surface area contributed by atoms with E-state index in [9.17, 15) is 4.79 Å². The largest absolute Gasteiger partial charge is 0.379 e. The van der Waals surface area contributed by atoms with Crippen molar-refractivity contribution in [3.05, 3.63) is 34.3 Å². The van der Waals surface area contributed by atoms with Crippen LogP contribution in [0.1, 0.15) is 24.8 Å². The van der Waals surface area contributed by atoms with Crippen molar-refractivity contribution < 1.29 is 9.53 Å². The van der Waals surface area contributed by atoms with Gasteiger partial charge in [0, 0.05) is 37.2 Å². The summed E-state index contributed by atoms with van der Waals surface area (Å²) in [6, 6.07) is 8.47. The molecular formula is C20H30BrN3O2. The molecule has 1 aromatic rings. The summed E-state index contributed by atoms with van der Waals surface area (Å²) >= 11 is 3.48. The molecular weight excluding hydrogens is 394 g/mol. The molecule has 1 aromatic carbocycles. The van der Waals surface area contributed by atoms with E-state index in [2.05, 4.69) is 55.3 Å². The van der Waals surface area contributed by atoms with Gasteiger partial charge in [-0.3, -0.25) is 14.6 Å². The lowest BCUT2D eigenvalue weighted by Gasteiger charge is -2.32. The van der Waals surface area contributed by atoms with Gasteiger partial charge in [-0.2, -0.15) is 0 Å². The topological polar surface area (TPSA) is 44.8 Å². The first-order valence-electron chi connectivity index (χ1n) is 9.75. The van der Waals surface area contributed by atoms with Crippen LogP contribution in [0.2, 0.25) is 0 Å². The van der Waals surface area contributed by atoms with Gasteiger partial charge >= 0.3 is 0 Å². The molecule has 2 aliphatic heterocycles. The minimum atomic E-state index is 0.127. The molecule has 2 fully saturated rings. The van der Waals surface area contributed by atoms with E-state index in [0.717, 1.165) is 82.8 Å². The van der Waals surface area contributed by atoms with Crippen molar-refractivity contribution in [3.63, 3.8) is 0 Å². The van der Waals surface area contributed by atoms with E-state index in [1.807, 2.05) is 0 Å². The number of nitrogens with zero attached hydrogens (tertiary/aromatic N) is 2. The van der Waals surface area contributed by atoms with Crippen molar-refractivity contribution in [1.29, 1.82) is 0 Å². The highest BCUT2D eigenvalue weighted by atomic mass is 79.9. The van der Waals surface area contributed by atoms with Gasteiger partial charge < -0.3 is 10.1 Å². The molecule has 3 rings (SSSR count). The molecule has 144 valence electrons. The van der Waals surface area contributed by atoms with E-state index in [1.54, 1.807) is 0 Å². The van der Waals surface area contributed by atoms with Crippen LogP contribution in [-0.2, 0) is 16.1 Å². The molecule has 2 saturated heterocycles. The first kappa shape index (κ1) is 19.8. The van der Waals surface area contributed by atoms with Gasteiger partial charge in [-0.25, -0.2) is 0 Å². The number of rotatable bonds is 7. The maximum atomic E-state index is 12.5. The Bertz CT molecular complexity index is 561. The number of carbonyl (C=O) groups is 1. The van der Waals surface area contributed by atoms with Crippen LogP contribution in [-0.4, -0.2) is 68.2 Å². The predicted molar refractivity (Wildman–Crippen MR) is 107 cm³/mol. The number of carbonyl (C=O) groups excluding carboxylic acids is 1. The van der Waals surface area contributed by atoms with Gasteiger partial charge in [0.25, 0.3) is 0 Å². The van der Waals surface area contributed by atoms with Crippen LogP contribution in [0.5, 0.6) is 0 Å². The summed E-state index contributed by atoms with van der Waals surface area (Å²) < 4.78 is 6.47. The Labute approximate surface area is 165 Å². The van der Waals surface area contributed by atoms with Crippen LogP contribution in [0.4, 0.5) is 0 Å². The Hall–Kier alpha value is -0.950. The zero-order chi connectivity index (χ0) is 18.2. The van der Waals surface area contributed by atoms with E-state index in [-0.39, 0.29) is 11.8 Å². The predicted octanol–water partition coefficient (Wildman–Crippen LogP) is 2.50.